The molecule has 2 unspecified atom stereocenters. The smallest absolute Gasteiger partial charge is 0.0699 e. The zero-order valence-electron chi connectivity index (χ0n) is 17.9. The molecule has 2 atom stereocenters. The first-order valence-corrected chi connectivity index (χ1v) is 11.8. The van der Waals surface area contributed by atoms with Gasteiger partial charge in [-0.3, -0.25) is 4.68 Å². The van der Waals surface area contributed by atoms with Crippen LogP contribution in [0.3, 0.4) is 0 Å². The lowest BCUT2D eigenvalue weighted by Crippen LogP contribution is -2.64. The fraction of sp³-hybridized carbons (Fsp3) is 0.864. The van der Waals surface area contributed by atoms with Gasteiger partial charge in [0.2, 0.25) is 0 Å². The minimum absolute atomic E-state index is 0.0510. The summed E-state index contributed by atoms with van der Waals surface area (Å²) in [5.41, 5.74) is 2.49. The van der Waals surface area contributed by atoms with Crippen LogP contribution in [-0.4, -0.2) is 48.8 Å². The summed E-state index contributed by atoms with van der Waals surface area (Å²) in [5.74, 6) is 0. The van der Waals surface area contributed by atoms with E-state index in [0.29, 0.717) is 16.2 Å². The van der Waals surface area contributed by atoms with Crippen LogP contribution in [0.4, 0.5) is 0 Å². The maximum absolute atomic E-state index is 6.72. The monoisotopic (exact) mass is 501 g/mol. The Morgan fingerprint density at radius 1 is 1.07 bits per heavy atom. The number of methoxy groups -OCH3 is 1. The Bertz CT molecular complexity index is 701. The van der Waals surface area contributed by atoms with Crippen molar-refractivity contribution in [3.05, 3.63) is 15.5 Å². The number of ether oxygens (including phenoxy) is 2. The molecule has 28 heavy (non-hydrogen) atoms. The van der Waals surface area contributed by atoms with Gasteiger partial charge < -0.3 is 14.8 Å². The highest BCUT2D eigenvalue weighted by Gasteiger charge is 2.66. The molecule has 1 N–H and O–H groups in total. The Kier molecular flexibility index (Phi) is 5.64. The van der Waals surface area contributed by atoms with Crippen LogP contribution in [0.15, 0.2) is 6.20 Å². The van der Waals surface area contributed by atoms with Crippen molar-refractivity contribution in [1.82, 2.24) is 15.1 Å². The average Bonchev–Trinajstić information content (AvgIpc) is 2.86. The van der Waals surface area contributed by atoms with Gasteiger partial charge in [0.15, 0.2) is 0 Å². The second kappa shape index (κ2) is 7.50. The molecule has 6 heteroatoms. The molecule has 0 saturated heterocycles. The predicted octanol–water partition coefficient (Wildman–Crippen LogP) is 4.17. The van der Waals surface area contributed by atoms with Gasteiger partial charge in [-0.2, -0.15) is 5.10 Å². The van der Waals surface area contributed by atoms with E-state index in [4.69, 9.17) is 14.6 Å². The molecule has 0 aromatic carbocycles. The van der Waals surface area contributed by atoms with Crippen LogP contribution >= 0.6 is 22.6 Å². The maximum Gasteiger partial charge on any atom is 0.0699 e. The van der Waals surface area contributed by atoms with E-state index in [0.717, 1.165) is 32.8 Å². The minimum Gasteiger partial charge on any atom is -0.383 e. The van der Waals surface area contributed by atoms with E-state index in [1.54, 1.807) is 7.11 Å². The van der Waals surface area contributed by atoms with Gasteiger partial charge in [0.1, 0.15) is 0 Å². The highest BCUT2D eigenvalue weighted by molar-refractivity contribution is 14.1. The number of halogens is 1. The predicted molar refractivity (Wildman–Crippen MR) is 119 cm³/mol. The minimum atomic E-state index is 0.0510. The third-order valence-corrected chi connectivity index (χ3v) is 8.41. The van der Waals surface area contributed by atoms with Gasteiger partial charge in [0.05, 0.1) is 28.6 Å². The Morgan fingerprint density at radius 2 is 1.75 bits per heavy atom. The Hall–Kier alpha value is -0.180. The van der Waals surface area contributed by atoms with Crippen molar-refractivity contribution in [1.29, 1.82) is 0 Å². The lowest BCUT2D eigenvalue weighted by Gasteiger charge is -2.69. The molecule has 1 aromatic heterocycles. The van der Waals surface area contributed by atoms with Crippen LogP contribution in [0.5, 0.6) is 0 Å². The molecule has 0 amide bonds. The molecule has 158 valence electrons. The SMILES string of the molecule is COCCNCCOC12CC3(C)CC(C)(CC(Cn4ncc(I)c4C)(C3)C1)C2. The van der Waals surface area contributed by atoms with E-state index >= 15 is 0 Å². The highest BCUT2D eigenvalue weighted by Crippen LogP contribution is 2.72. The molecule has 4 bridgehead atoms. The Morgan fingerprint density at radius 3 is 2.36 bits per heavy atom. The summed E-state index contributed by atoms with van der Waals surface area (Å²) in [7, 11) is 1.75. The molecular formula is C22H36IN3O2. The van der Waals surface area contributed by atoms with Crippen molar-refractivity contribution < 1.29 is 9.47 Å². The summed E-state index contributed by atoms with van der Waals surface area (Å²) >= 11 is 2.40. The number of aromatic nitrogens is 2. The summed E-state index contributed by atoms with van der Waals surface area (Å²) in [6.45, 7) is 11.6. The van der Waals surface area contributed by atoms with Crippen LogP contribution in [0.2, 0.25) is 0 Å². The van der Waals surface area contributed by atoms with Crippen LogP contribution in [0.1, 0.15) is 58.1 Å². The Labute approximate surface area is 183 Å². The molecule has 0 radical (unpaired) electrons. The van der Waals surface area contributed by atoms with E-state index in [2.05, 4.69) is 53.4 Å². The summed E-state index contributed by atoms with van der Waals surface area (Å²) < 4.78 is 15.4. The third-order valence-electron chi connectivity index (χ3n) is 7.35. The first kappa shape index (κ1) is 21.1. The van der Waals surface area contributed by atoms with Gasteiger partial charge in [-0.25, -0.2) is 0 Å². The van der Waals surface area contributed by atoms with E-state index < -0.39 is 0 Å². The van der Waals surface area contributed by atoms with Gasteiger partial charge in [-0.15, -0.1) is 0 Å². The lowest BCUT2D eigenvalue weighted by molar-refractivity contribution is -0.247. The van der Waals surface area contributed by atoms with Crippen molar-refractivity contribution >= 4 is 22.6 Å². The first-order chi connectivity index (χ1) is 13.2. The van der Waals surface area contributed by atoms with E-state index in [-0.39, 0.29) is 5.60 Å². The Balaban J connectivity index is 1.51. The fourth-order valence-corrected chi connectivity index (χ4v) is 8.09. The average molecular weight is 501 g/mol. The quantitative estimate of drug-likeness (QED) is 0.408. The second-order valence-electron chi connectivity index (χ2n) is 10.7. The summed E-state index contributed by atoms with van der Waals surface area (Å²) in [4.78, 5) is 0. The lowest BCUT2D eigenvalue weighted by atomic mass is 9.39. The summed E-state index contributed by atoms with van der Waals surface area (Å²) in [6.07, 6.45) is 9.66. The van der Waals surface area contributed by atoms with Crippen molar-refractivity contribution in [3.8, 4) is 0 Å². The highest BCUT2D eigenvalue weighted by atomic mass is 127. The molecule has 0 spiro atoms. The third kappa shape index (κ3) is 4.03. The molecule has 5 rings (SSSR count). The zero-order chi connectivity index (χ0) is 20.0. The summed E-state index contributed by atoms with van der Waals surface area (Å²) in [6, 6.07) is 0. The van der Waals surface area contributed by atoms with E-state index in [1.165, 1.54) is 47.8 Å². The van der Waals surface area contributed by atoms with Crippen molar-refractivity contribution in [2.45, 2.75) is 71.4 Å². The zero-order valence-corrected chi connectivity index (χ0v) is 20.1. The second-order valence-corrected chi connectivity index (χ2v) is 11.9. The number of hydrogen-bond acceptors (Lipinski definition) is 4. The number of nitrogens with zero attached hydrogens (tertiary/aromatic N) is 2. The van der Waals surface area contributed by atoms with Gasteiger partial charge >= 0.3 is 0 Å². The number of nitrogens with one attached hydrogen (secondary N) is 1. The van der Waals surface area contributed by atoms with E-state index in [9.17, 15) is 0 Å². The van der Waals surface area contributed by atoms with Crippen LogP contribution in [-0.2, 0) is 16.0 Å². The topological polar surface area (TPSA) is 48.3 Å². The van der Waals surface area contributed by atoms with Crippen molar-refractivity contribution in [2.24, 2.45) is 16.2 Å². The molecule has 4 fully saturated rings. The number of rotatable bonds is 9. The normalized spacial score (nSPS) is 39.0. The van der Waals surface area contributed by atoms with Crippen molar-refractivity contribution in [3.63, 3.8) is 0 Å². The van der Waals surface area contributed by atoms with Gasteiger partial charge in [-0.05, 0) is 84.3 Å². The number of hydrogen-bond donors (Lipinski definition) is 1. The van der Waals surface area contributed by atoms with E-state index in [1.807, 2.05) is 6.20 Å². The molecule has 4 saturated carbocycles. The van der Waals surface area contributed by atoms with Crippen LogP contribution in [0, 0.1) is 26.7 Å². The maximum atomic E-state index is 6.72. The molecular weight excluding hydrogens is 465 g/mol. The molecule has 0 aliphatic heterocycles. The molecule has 5 nitrogen and oxygen atoms in total. The molecule has 1 heterocycles. The largest absolute Gasteiger partial charge is 0.383 e. The van der Waals surface area contributed by atoms with Crippen LogP contribution < -0.4 is 5.32 Å². The molecule has 1 aromatic rings. The van der Waals surface area contributed by atoms with Crippen molar-refractivity contribution in [2.75, 3.05) is 33.4 Å². The van der Waals surface area contributed by atoms with Gasteiger partial charge in [0, 0.05) is 32.4 Å². The molecule has 4 aliphatic carbocycles. The van der Waals surface area contributed by atoms with Gasteiger partial charge in [-0.1, -0.05) is 13.8 Å². The van der Waals surface area contributed by atoms with Gasteiger partial charge in [0.25, 0.3) is 0 Å². The summed E-state index contributed by atoms with van der Waals surface area (Å²) in [5, 5.41) is 8.14. The fourth-order valence-electron chi connectivity index (χ4n) is 7.69. The van der Waals surface area contributed by atoms with Crippen LogP contribution in [0.25, 0.3) is 0 Å². The first-order valence-electron chi connectivity index (χ1n) is 10.7. The molecule has 4 aliphatic rings. The standard InChI is InChI=1S/C22H36IN3O2/c1-17-18(23)9-25-26(17)16-21-11-19(2)10-20(3,12-21)14-22(13-19,15-21)28-8-6-24-5-7-27-4/h9,24H,5-8,10-16H2,1-4H3.